The van der Waals surface area contributed by atoms with Gasteiger partial charge in [0.05, 0.1) is 12.7 Å². The first kappa shape index (κ1) is 17.5. The van der Waals surface area contributed by atoms with Crippen molar-refractivity contribution in [1.29, 1.82) is 0 Å². The molecule has 0 unspecified atom stereocenters. The number of anilines is 1. The van der Waals surface area contributed by atoms with E-state index in [0.29, 0.717) is 18.1 Å². The van der Waals surface area contributed by atoms with E-state index in [2.05, 4.69) is 24.3 Å². The van der Waals surface area contributed by atoms with Gasteiger partial charge >= 0.3 is 0 Å². The Labute approximate surface area is 142 Å². The van der Waals surface area contributed by atoms with E-state index in [1.54, 1.807) is 0 Å². The third-order valence-corrected chi connectivity index (χ3v) is 4.31. The predicted octanol–water partition coefficient (Wildman–Crippen LogP) is 3.24. The molecule has 6 heteroatoms. The first-order valence-corrected chi connectivity index (χ1v) is 8.05. The number of benzene rings is 1. The second kappa shape index (κ2) is 7.62. The molecular weight excluding hydrogens is 312 g/mol. The van der Waals surface area contributed by atoms with Crippen molar-refractivity contribution in [3.63, 3.8) is 0 Å². The Morgan fingerprint density at radius 3 is 2.78 bits per heavy atom. The highest BCUT2D eigenvalue weighted by molar-refractivity contribution is 6.31. The number of hydrogen-bond acceptors (Lipinski definition) is 3. The van der Waals surface area contributed by atoms with Crippen molar-refractivity contribution >= 4 is 23.2 Å². The minimum absolute atomic E-state index is 0.0570. The van der Waals surface area contributed by atoms with Crippen LogP contribution in [0.25, 0.3) is 0 Å². The summed E-state index contributed by atoms with van der Waals surface area (Å²) in [4.78, 5) is 14.2. The van der Waals surface area contributed by atoms with Crippen LogP contribution in [0.2, 0.25) is 5.02 Å². The molecule has 0 spiro atoms. The lowest BCUT2D eigenvalue weighted by atomic mass is 10.2. The molecule has 23 heavy (non-hydrogen) atoms. The fraction of sp³-hybridized carbons (Fsp3) is 0.412. The SMILES string of the molecule is CCn1ncc(CN(C)CC(=O)Nc2cccc(Cl)c2C)c1C. The molecule has 2 aromatic rings. The average molecular weight is 335 g/mol. The van der Waals surface area contributed by atoms with Gasteiger partial charge in [0.25, 0.3) is 0 Å². The van der Waals surface area contributed by atoms with Crippen LogP contribution in [0.4, 0.5) is 5.69 Å². The lowest BCUT2D eigenvalue weighted by molar-refractivity contribution is -0.117. The molecule has 0 aliphatic rings. The van der Waals surface area contributed by atoms with Crippen molar-refractivity contribution < 1.29 is 4.79 Å². The number of nitrogens with zero attached hydrogens (tertiary/aromatic N) is 3. The van der Waals surface area contributed by atoms with Crippen LogP contribution >= 0.6 is 11.6 Å². The number of carbonyl (C=O) groups is 1. The Balaban J connectivity index is 1.94. The van der Waals surface area contributed by atoms with E-state index in [1.807, 2.05) is 47.9 Å². The molecule has 0 aliphatic heterocycles. The Morgan fingerprint density at radius 2 is 2.13 bits per heavy atom. The van der Waals surface area contributed by atoms with Gasteiger partial charge in [-0.2, -0.15) is 5.10 Å². The maximum Gasteiger partial charge on any atom is 0.238 e. The molecule has 0 saturated heterocycles. The zero-order valence-corrected chi connectivity index (χ0v) is 14.8. The van der Waals surface area contributed by atoms with Gasteiger partial charge in [-0.05, 0) is 45.5 Å². The van der Waals surface area contributed by atoms with Crippen molar-refractivity contribution in [2.75, 3.05) is 18.9 Å². The number of carbonyl (C=O) groups excluding carboxylic acids is 1. The first-order valence-electron chi connectivity index (χ1n) is 7.67. The summed E-state index contributed by atoms with van der Waals surface area (Å²) in [5.41, 5.74) is 3.92. The van der Waals surface area contributed by atoms with Gasteiger partial charge in [-0.3, -0.25) is 14.4 Å². The van der Waals surface area contributed by atoms with E-state index in [9.17, 15) is 4.79 Å². The molecule has 0 fully saturated rings. The van der Waals surface area contributed by atoms with Crippen LogP contribution in [-0.4, -0.2) is 34.2 Å². The third-order valence-electron chi connectivity index (χ3n) is 3.90. The minimum Gasteiger partial charge on any atom is -0.325 e. The van der Waals surface area contributed by atoms with Crippen LogP contribution in [0, 0.1) is 13.8 Å². The highest BCUT2D eigenvalue weighted by Gasteiger charge is 2.12. The molecule has 1 amide bonds. The van der Waals surface area contributed by atoms with Gasteiger partial charge in [-0.15, -0.1) is 0 Å². The number of aryl methyl sites for hydroxylation is 1. The van der Waals surface area contributed by atoms with Crippen LogP contribution in [-0.2, 0) is 17.9 Å². The smallest absolute Gasteiger partial charge is 0.238 e. The molecule has 1 aromatic heterocycles. The summed E-state index contributed by atoms with van der Waals surface area (Å²) in [7, 11) is 1.92. The summed E-state index contributed by atoms with van der Waals surface area (Å²) in [6.07, 6.45) is 1.87. The standard InChI is InChI=1S/C17H23ClN4O/c1-5-22-13(3)14(9-19-22)10-21(4)11-17(23)20-16-8-6-7-15(18)12(16)2/h6-9H,5,10-11H2,1-4H3,(H,20,23). The molecule has 2 rings (SSSR count). The topological polar surface area (TPSA) is 50.2 Å². The minimum atomic E-state index is -0.0570. The molecule has 1 N–H and O–H groups in total. The Hall–Kier alpha value is -1.85. The molecule has 5 nitrogen and oxygen atoms in total. The second-order valence-corrected chi connectivity index (χ2v) is 6.11. The molecule has 124 valence electrons. The largest absolute Gasteiger partial charge is 0.325 e. The summed E-state index contributed by atoms with van der Waals surface area (Å²) in [6, 6.07) is 5.50. The monoisotopic (exact) mass is 334 g/mol. The van der Waals surface area contributed by atoms with Gasteiger partial charge in [0.1, 0.15) is 0 Å². The van der Waals surface area contributed by atoms with Crippen molar-refractivity contribution in [2.24, 2.45) is 0 Å². The van der Waals surface area contributed by atoms with Gasteiger partial charge < -0.3 is 5.32 Å². The summed E-state index contributed by atoms with van der Waals surface area (Å²) in [5.74, 6) is -0.0570. The third kappa shape index (κ3) is 4.33. The maximum atomic E-state index is 12.2. The lowest BCUT2D eigenvalue weighted by Crippen LogP contribution is -2.30. The first-order chi connectivity index (χ1) is 10.9. The number of halogens is 1. The molecule has 0 atom stereocenters. The Bertz CT molecular complexity index is 696. The van der Waals surface area contributed by atoms with Crippen molar-refractivity contribution in [2.45, 2.75) is 33.9 Å². The van der Waals surface area contributed by atoms with Crippen LogP contribution in [0.15, 0.2) is 24.4 Å². The quantitative estimate of drug-likeness (QED) is 0.882. The van der Waals surface area contributed by atoms with E-state index in [0.717, 1.165) is 29.1 Å². The number of hydrogen-bond donors (Lipinski definition) is 1. The molecule has 0 radical (unpaired) electrons. The lowest BCUT2D eigenvalue weighted by Gasteiger charge is -2.17. The van der Waals surface area contributed by atoms with Crippen LogP contribution in [0.5, 0.6) is 0 Å². The van der Waals surface area contributed by atoms with Crippen LogP contribution in [0.3, 0.4) is 0 Å². The number of rotatable bonds is 6. The van der Waals surface area contributed by atoms with Crippen molar-refractivity contribution in [3.05, 3.63) is 46.2 Å². The fourth-order valence-electron chi connectivity index (χ4n) is 2.48. The van der Waals surface area contributed by atoms with Crippen LogP contribution in [0.1, 0.15) is 23.7 Å². The highest BCUT2D eigenvalue weighted by Crippen LogP contribution is 2.22. The predicted molar refractivity (Wildman–Crippen MR) is 93.8 cm³/mol. The van der Waals surface area contributed by atoms with Gasteiger partial charge in [0.15, 0.2) is 0 Å². The number of nitrogens with one attached hydrogen (secondary N) is 1. The van der Waals surface area contributed by atoms with Gasteiger partial charge in [-0.1, -0.05) is 17.7 Å². The number of aromatic nitrogens is 2. The molecule has 0 aliphatic carbocycles. The highest BCUT2D eigenvalue weighted by atomic mass is 35.5. The summed E-state index contributed by atoms with van der Waals surface area (Å²) in [5, 5.41) is 7.89. The zero-order valence-electron chi connectivity index (χ0n) is 14.1. The summed E-state index contributed by atoms with van der Waals surface area (Å²) < 4.78 is 1.96. The van der Waals surface area contributed by atoms with E-state index in [-0.39, 0.29) is 5.91 Å². The molecule has 1 aromatic carbocycles. The number of amides is 1. The molecule has 1 heterocycles. The molecule has 0 bridgehead atoms. The molecule has 0 saturated carbocycles. The Morgan fingerprint density at radius 1 is 1.39 bits per heavy atom. The average Bonchev–Trinajstić information content (AvgIpc) is 2.84. The maximum absolute atomic E-state index is 12.2. The zero-order chi connectivity index (χ0) is 17.0. The molecular formula is C17H23ClN4O. The Kier molecular flexibility index (Phi) is 5.80. The van der Waals surface area contributed by atoms with Gasteiger partial charge in [0.2, 0.25) is 5.91 Å². The van der Waals surface area contributed by atoms with E-state index in [4.69, 9.17) is 11.6 Å². The fourth-order valence-corrected chi connectivity index (χ4v) is 2.66. The van der Waals surface area contributed by atoms with E-state index in [1.165, 1.54) is 0 Å². The van der Waals surface area contributed by atoms with Crippen LogP contribution < -0.4 is 5.32 Å². The second-order valence-electron chi connectivity index (χ2n) is 5.70. The normalized spacial score (nSPS) is 11.0. The van der Waals surface area contributed by atoms with E-state index < -0.39 is 0 Å². The summed E-state index contributed by atoms with van der Waals surface area (Å²) >= 11 is 6.07. The summed E-state index contributed by atoms with van der Waals surface area (Å²) in [6.45, 7) is 7.86. The van der Waals surface area contributed by atoms with E-state index >= 15 is 0 Å². The van der Waals surface area contributed by atoms with Gasteiger partial charge in [0, 0.05) is 35.1 Å². The van der Waals surface area contributed by atoms with Crippen molar-refractivity contribution in [1.82, 2.24) is 14.7 Å². The number of likely N-dealkylation sites (N-methyl/N-ethyl adjacent to an activating group) is 1. The van der Waals surface area contributed by atoms with Gasteiger partial charge in [-0.25, -0.2) is 0 Å². The van der Waals surface area contributed by atoms with Crippen molar-refractivity contribution in [3.8, 4) is 0 Å².